The molecule has 1 heteroatoms. The van der Waals surface area contributed by atoms with Gasteiger partial charge in [-0.05, 0) is 18.3 Å². The molecule has 0 aromatic heterocycles. The third-order valence-electron chi connectivity index (χ3n) is 3.61. The molecule has 1 atom stereocenters. The fourth-order valence-electron chi connectivity index (χ4n) is 2.70. The fraction of sp³-hybridized carbons (Fsp3) is 0.917. The van der Waals surface area contributed by atoms with Gasteiger partial charge in [-0.15, -0.1) is 0 Å². The van der Waals surface area contributed by atoms with Gasteiger partial charge in [-0.1, -0.05) is 44.9 Å². The second-order valence-corrected chi connectivity index (χ2v) is 4.57. The summed E-state index contributed by atoms with van der Waals surface area (Å²) in [5.41, 5.74) is 0. The van der Waals surface area contributed by atoms with Gasteiger partial charge in [-0.2, -0.15) is 0 Å². The third-order valence-corrected chi connectivity index (χ3v) is 3.61. The molecule has 0 bridgehead atoms. The van der Waals surface area contributed by atoms with E-state index in [0.717, 1.165) is 24.8 Å². The van der Waals surface area contributed by atoms with Crippen LogP contribution in [0, 0.1) is 11.8 Å². The van der Waals surface area contributed by atoms with Crippen LogP contribution in [0.25, 0.3) is 0 Å². The number of aliphatic imine (C=N–C) groups is 1. The monoisotopic (exact) mass is 178 g/mol. The van der Waals surface area contributed by atoms with Gasteiger partial charge in [0.2, 0.25) is 0 Å². The minimum atomic E-state index is 0.859. The summed E-state index contributed by atoms with van der Waals surface area (Å²) in [7, 11) is 0. The van der Waals surface area contributed by atoms with Gasteiger partial charge >= 0.3 is 0 Å². The SMILES string of the molecule is [C]1=NCC(C2CCCCCCC2)C1. The Labute approximate surface area is 81.6 Å². The molecule has 0 aromatic rings. The molecule has 1 radical (unpaired) electrons. The summed E-state index contributed by atoms with van der Waals surface area (Å²) in [6, 6.07) is 0. The first-order valence-corrected chi connectivity index (χ1v) is 5.86. The number of hydrogen-bond donors (Lipinski definition) is 0. The molecule has 0 amide bonds. The molecule has 1 aliphatic carbocycles. The van der Waals surface area contributed by atoms with Crippen LogP contribution in [-0.2, 0) is 0 Å². The molecule has 1 unspecified atom stereocenters. The van der Waals surface area contributed by atoms with Crippen molar-refractivity contribution in [3.63, 3.8) is 0 Å². The molecular weight excluding hydrogens is 158 g/mol. The van der Waals surface area contributed by atoms with Crippen molar-refractivity contribution in [3.05, 3.63) is 0 Å². The lowest BCUT2D eigenvalue weighted by Crippen LogP contribution is -2.16. The summed E-state index contributed by atoms with van der Waals surface area (Å²) in [6.45, 7) is 1.07. The zero-order valence-corrected chi connectivity index (χ0v) is 8.47. The molecule has 1 fully saturated rings. The first-order chi connectivity index (χ1) is 6.47. The Morgan fingerprint density at radius 2 is 1.54 bits per heavy atom. The molecule has 13 heavy (non-hydrogen) atoms. The van der Waals surface area contributed by atoms with Crippen molar-refractivity contribution in [2.45, 2.75) is 51.4 Å². The van der Waals surface area contributed by atoms with Gasteiger partial charge in [0.15, 0.2) is 0 Å². The first kappa shape index (κ1) is 9.23. The van der Waals surface area contributed by atoms with Crippen molar-refractivity contribution in [2.24, 2.45) is 16.8 Å². The number of nitrogens with zero attached hydrogens (tertiary/aromatic N) is 1. The molecule has 0 N–H and O–H groups in total. The van der Waals surface area contributed by atoms with Gasteiger partial charge < -0.3 is 0 Å². The Balaban J connectivity index is 1.81. The zero-order valence-electron chi connectivity index (χ0n) is 8.47. The van der Waals surface area contributed by atoms with Gasteiger partial charge in [0.05, 0.1) is 6.21 Å². The minimum absolute atomic E-state index is 0.859. The van der Waals surface area contributed by atoms with Crippen molar-refractivity contribution >= 4 is 6.21 Å². The quantitative estimate of drug-likeness (QED) is 0.584. The largest absolute Gasteiger partial charge is 0.288 e. The van der Waals surface area contributed by atoms with E-state index in [1.165, 1.54) is 44.9 Å². The summed E-state index contributed by atoms with van der Waals surface area (Å²) in [4.78, 5) is 4.24. The van der Waals surface area contributed by atoms with E-state index in [0.29, 0.717) is 0 Å². The van der Waals surface area contributed by atoms with Crippen molar-refractivity contribution in [3.8, 4) is 0 Å². The average Bonchev–Trinajstić information content (AvgIpc) is 2.55. The smallest absolute Gasteiger partial charge is 0.0562 e. The van der Waals surface area contributed by atoms with Crippen LogP contribution in [0.5, 0.6) is 0 Å². The lowest BCUT2D eigenvalue weighted by atomic mass is 9.81. The van der Waals surface area contributed by atoms with Crippen molar-refractivity contribution < 1.29 is 0 Å². The first-order valence-electron chi connectivity index (χ1n) is 5.86. The van der Waals surface area contributed by atoms with Crippen molar-refractivity contribution in [1.82, 2.24) is 0 Å². The van der Waals surface area contributed by atoms with Gasteiger partial charge in [-0.25, -0.2) is 0 Å². The van der Waals surface area contributed by atoms with Crippen LogP contribution in [0.15, 0.2) is 4.99 Å². The standard InChI is InChI=1S/C12H20N/c1-2-4-6-11(7-5-3-1)12-8-9-13-10-12/h11-12H,1-8,10H2. The molecule has 1 heterocycles. The number of rotatable bonds is 1. The predicted molar refractivity (Wildman–Crippen MR) is 56.2 cm³/mol. The van der Waals surface area contributed by atoms with E-state index in [1.807, 2.05) is 0 Å². The topological polar surface area (TPSA) is 12.4 Å². The lowest BCUT2D eigenvalue weighted by Gasteiger charge is -2.24. The Hall–Kier alpha value is -0.330. The van der Waals surface area contributed by atoms with Crippen LogP contribution in [0.2, 0.25) is 0 Å². The Bertz CT molecular complexity index is 158. The normalized spacial score (nSPS) is 31.5. The van der Waals surface area contributed by atoms with Gasteiger partial charge in [0.25, 0.3) is 0 Å². The summed E-state index contributed by atoms with van der Waals surface area (Å²) in [5.74, 6) is 1.83. The molecule has 0 saturated heterocycles. The Kier molecular flexibility index (Phi) is 3.40. The second kappa shape index (κ2) is 4.78. The Morgan fingerprint density at radius 3 is 2.15 bits per heavy atom. The molecule has 2 rings (SSSR count). The summed E-state index contributed by atoms with van der Waals surface area (Å²) in [6.07, 6.45) is 14.5. The number of hydrogen-bond acceptors (Lipinski definition) is 1. The summed E-state index contributed by atoms with van der Waals surface area (Å²) in [5, 5.41) is 0. The molecule has 1 saturated carbocycles. The van der Waals surface area contributed by atoms with E-state index >= 15 is 0 Å². The maximum Gasteiger partial charge on any atom is 0.0562 e. The average molecular weight is 178 g/mol. The summed E-state index contributed by atoms with van der Waals surface area (Å²) < 4.78 is 0. The van der Waals surface area contributed by atoms with Crippen LogP contribution >= 0.6 is 0 Å². The van der Waals surface area contributed by atoms with Crippen LogP contribution in [0.4, 0.5) is 0 Å². The van der Waals surface area contributed by atoms with Crippen LogP contribution in [0.3, 0.4) is 0 Å². The maximum atomic E-state index is 4.24. The highest BCUT2D eigenvalue weighted by Gasteiger charge is 2.23. The molecule has 0 spiro atoms. The second-order valence-electron chi connectivity index (χ2n) is 4.57. The Morgan fingerprint density at radius 1 is 0.846 bits per heavy atom. The third kappa shape index (κ3) is 2.55. The molecular formula is C12H20N. The highest BCUT2D eigenvalue weighted by Crippen LogP contribution is 2.31. The zero-order chi connectivity index (χ0) is 8.93. The summed E-state index contributed by atoms with van der Waals surface area (Å²) >= 11 is 0. The van der Waals surface area contributed by atoms with E-state index in [9.17, 15) is 0 Å². The van der Waals surface area contributed by atoms with Gasteiger partial charge in [0.1, 0.15) is 0 Å². The molecule has 1 aliphatic heterocycles. The lowest BCUT2D eigenvalue weighted by molar-refractivity contribution is 0.284. The predicted octanol–water partition coefficient (Wildman–Crippen LogP) is 3.31. The van der Waals surface area contributed by atoms with E-state index < -0.39 is 0 Å². The van der Waals surface area contributed by atoms with Gasteiger partial charge in [-0.3, -0.25) is 4.99 Å². The molecule has 2 aliphatic rings. The molecule has 0 aromatic carbocycles. The highest BCUT2D eigenvalue weighted by molar-refractivity contribution is 5.59. The van der Waals surface area contributed by atoms with E-state index in [2.05, 4.69) is 11.2 Å². The highest BCUT2D eigenvalue weighted by atomic mass is 14.7. The van der Waals surface area contributed by atoms with Crippen molar-refractivity contribution in [1.29, 1.82) is 0 Å². The van der Waals surface area contributed by atoms with E-state index in [4.69, 9.17) is 0 Å². The van der Waals surface area contributed by atoms with Gasteiger partial charge in [0, 0.05) is 6.54 Å². The van der Waals surface area contributed by atoms with E-state index in [-0.39, 0.29) is 0 Å². The fourth-order valence-corrected chi connectivity index (χ4v) is 2.70. The van der Waals surface area contributed by atoms with Crippen molar-refractivity contribution in [2.75, 3.05) is 6.54 Å². The minimum Gasteiger partial charge on any atom is -0.288 e. The van der Waals surface area contributed by atoms with E-state index in [1.54, 1.807) is 0 Å². The maximum absolute atomic E-state index is 4.24. The van der Waals surface area contributed by atoms with Crippen LogP contribution in [-0.4, -0.2) is 12.8 Å². The van der Waals surface area contributed by atoms with Crippen LogP contribution < -0.4 is 0 Å². The molecule has 73 valence electrons. The molecule has 1 nitrogen and oxygen atoms in total. The van der Waals surface area contributed by atoms with Crippen LogP contribution in [0.1, 0.15) is 51.4 Å².